The zero-order valence-electron chi connectivity index (χ0n) is 12.2. The molecule has 122 valence electrons. The number of thiazole rings is 1. The Labute approximate surface area is 145 Å². The average molecular weight is 370 g/mol. The third-order valence-corrected chi connectivity index (χ3v) is 5.42. The van der Waals surface area contributed by atoms with Gasteiger partial charge in [-0.05, 0) is 18.4 Å². The van der Waals surface area contributed by atoms with Gasteiger partial charge in [0.1, 0.15) is 0 Å². The lowest BCUT2D eigenvalue weighted by Crippen LogP contribution is -2.31. The first kappa shape index (κ1) is 17.6. The highest BCUT2D eigenvalue weighted by molar-refractivity contribution is 8.01. The molecule has 2 heterocycles. The van der Waals surface area contributed by atoms with Crippen molar-refractivity contribution in [2.45, 2.75) is 17.7 Å². The van der Waals surface area contributed by atoms with E-state index in [1.807, 2.05) is 0 Å². The van der Waals surface area contributed by atoms with Crippen LogP contribution in [0.5, 0.6) is 0 Å². The van der Waals surface area contributed by atoms with E-state index in [0.29, 0.717) is 21.5 Å². The van der Waals surface area contributed by atoms with Gasteiger partial charge in [0.25, 0.3) is 5.91 Å². The van der Waals surface area contributed by atoms with Crippen LogP contribution in [-0.4, -0.2) is 35.1 Å². The van der Waals surface area contributed by atoms with Gasteiger partial charge in [0, 0.05) is 5.38 Å². The van der Waals surface area contributed by atoms with Crippen LogP contribution in [0.1, 0.15) is 22.3 Å². The Morgan fingerprint density at radius 1 is 1.35 bits per heavy atom. The molecule has 23 heavy (non-hydrogen) atoms. The van der Waals surface area contributed by atoms with E-state index in [1.165, 1.54) is 34.4 Å². The molecule has 2 aromatic heterocycles. The Morgan fingerprint density at radius 2 is 2.17 bits per heavy atom. The minimum Gasteiger partial charge on any atom is -0.466 e. The summed E-state index contributed by atoms with van der Waals surface area (Å²) in [5, 5.41) is 5.85. The molecule has 2 amide bonds. The Morgan fingerprint density at radius 3 is 2.87 bits per heavy atom. The number of ether oxygens (including phenoxy) is 1. The van der Waals surface area contributed by atoms with Crippen LogP contribution in [0.2, 0.25) is 0 Å². The van der Waals surface area contributed by atoms with Crippen molar-refractivity contribution in [3.8, 4) is 0 Å². The predicted molar refractivity (Wildman–Crippen MR) is 90.0 cm³/mol. The summed E-state index contributed by atoms with van der Waals surface area (Å²) in [5.74, 6) is -1.01. The summed E-state index contributed by atoms with van der Waals surface area (Å²) >= 11 is 3.85. The highest BCUT2D eigenvalue weighted by atomic mass is 32.2. The van der Waals surface area contributed by atoms with E-state index in [9.17, 15) is 14.4 Å². The summed E-state index contributed by atoms with van der Waals surface area (Å²) in [4.78, 5) is 39.6. The molecule has 0 spiro atoms. The summed E-state index contributed by atoms with van der Waals surface area (Å²) in [6.07, 6.45) is 0.119. The minimum absolute atomic E-state index is 0.0868. The first-order valence-corrected chi connectivity index (χ1v) is 9.43. The van der Waals surface area contributed by atoms with Crippen molar-refractivity contribution in [3.05, 3.63) is 33.5 Å². The van der Waals surface area contributed by atoms with Crippen molar-refractivity contribution >= 4 is 52.2 Å². The van der Waals surface area contributed by atoms with Crippen LogP contribution in [0, 0.1) is 0 Å². The number of imide groups is 1. The normalized spacial score (nSPS) is 10.3. The number of thiophene rings is 1. The molecule has 0 saturated carbocycles. The number of nitrogens with zero attached hydrogens (tertiary/aromatic N) is 1. The summed E-state index contributed by atoms with van der Waals surface area (Å²) < 4.78 is 5.52. The number of aromatic nitrogens is 1. The van der Waals surface area contributed by atoms with Gasteiger partial charge in [-0.15, -0.1) is 22.7 Å². The zero-order valence-corrected chi connectivity index (χ0v) is 14.7. The third-order valence-electron chi connectivity index (χ3n) is 2.49. The molecule has 0 aliphatic rings. The van der Waals surface area contributed by atoms with E-state index in [-0.39, 0.29) is 24.1 Å². The van der Waals surface area contributed by atoms with Gasteiger partial charge in [0.05, 0.1) is 29.4 Å². The zero-order chi connectivity index (χ0) is 16.7. The second-order valence-electron chi connectivity index (χ2n) is 4.23. The SMILES string of the molecule is CCOC(=O)Cc1csc(SCC(=O)NC(=O)c2cccs2)n1. The number of amides is 2. The molecular weight excluding hydrogens is 356 g/mol. The predicted octanol–water partition coefficient (Wildman–Crippen LogP) is 2.36. The summed E-state index contributed by atoms with van der Waals surface area (Å²) in [7, 11) is 0. The van der Waals surface area contributed by atoms with E-state index in [4.69, 9.17) is 4.74 Å². The van der Waals surface area contributed by atoms with Gasteiger partial charge >= 0.3 is 5.97 Å². The number of rotatable bonds is 7. The van der Waals surface area contributed by atoms with Crippen molar-refractivity contribution in [2.75, 3.05) is 12.4 Å². The molecule has 0 fully saturated rings. The van der Waals surface area contributed by atoms with Crippen LogP contribution >= 0.6 is 34.4 Å². The molecule has 2 rings (SSSR count). The second kappa shape index (κ2) is 8.80. The number of nitrogens with one attached hydrogen (secondary N) is 1. The standard InChI is InChI=1S/C14H14N2O4S3/c1-2-20-12(18)6-9-7-22-14(15-9)23-8-11(17)16-13(19)10-4-3-5-21-10/h3-5,7H,2,6,8H2,1H3,(H,16,17,19). The quantitative estimate of drug-likeness (QED) is 0.595. The first-order valence-electron chi connectivity index (χ1n) is 6.69. The van der Waals surface area contributed by atoms with Crippen LogP contribution < -0.4 is 5.32 Å². The lowest BCUT2D eigenvalue weighted by molar-refractivity contribution is -0.142. The molecule has 0 aromatic carbocycles. The van der Waals surface area contributed by atoms with Crippen LogP contribution in [0.4, 0.5) is 0 Å². The smallest absolute Gasteiger partial charge is 0.311 e. The minimum atomic E-state index is -0.396. The first-order chi connectivity index (χ1) is 11.1. The molecule has 6 nitrogen and oxygen atoms in total. The number of hydrogen-bond donors (Lipinski definition) is 1. The second-order valence-corrected chi connectivity index (χ2v) is 7.26. The number of thioether (sulfide) groups is 1. The highest BCUT2D eigenvalue weighted by Crippen LogP contribution is 2.22. The van der Waals surface area contributed by atoms with Crippen molar-refractivity contribution < 1.29 is 19.1 Å². The van der Waals surface area contributed by atoms with Crippen molar-refractivity contribution in [1.29, 1.82) is 0 Å². The van der Waals surface area contributed by atoms with Crippen molar-refractivity contribution in [3.63, 3.8) is 0 Å². The lowest BCUT2D eigenvalue weighted by Gasteiger charge is -2.01. The molecule has 9 heteroatoms. The fraction of sp³-hybridized carbons (Fsp3) is 0.286. The maximum atomic E-state index is 11.7. The lowest BCUT2D eigenvalue weighted by atomic mass is 10.3. The van der Waals surface area contributed by atoms with Gasteiger partial charge in [0.2, 0.25) is 5.91 Å². The maximum Gasteiger partial charge on any atom is 0.311 e. The Hall–Kier alpha value is -1.71. The molecule has 2 aromatic rings. The van der Waals surface area contributed by atoms with E-state index < -0.39 is 5.91 Å². The fourth-order valence-corrected chi connectivity index (χ4v) is 3.82. The van der Waals surface area contributed by atoms with E-state index in [1.54, 1.807) is 29.8 Å². The van der Waals surface area contributed by atoms with E-state index in [2.05, 4.69) is 10.3 Å². The van der Waals surface area contributed by atoms with Gasteiger partial charge in [-0.1, -0.05) is 17.8 Å². The van der Waals surface area contributed by atoms with E-state index >= 15 is 0 Å². The Balaban J connectivity index is 1.77. The van der Waals surface area contributed by atoms with Gasteiger partial charge < -0.3 is 4.74 Å². The van der Waals surface area contributed by atoms with Crippen molar-refractivity contribution in [2.24, 2.45) is 0 Å². The molecule has 0 aliphatic carbocycles. The summed E-state index contributed by atoms with van der Waals surface area (Å²) in [5.41, 5.74) is 0.617. The fourth-order valence-electron chi connectivity index (χ4n) is 1.56. The molecule has 0 atom stereocenters. The summed E-state index contributed by atoms with van der Waals surface area (Å²) in [6.45, 7) is 2.08. The average Bonchev–Trinajstić information content (AvgIpc) is 3.17. The molecular formula is C14H14N2O4S3. The largest absolute Gasteiger partial charge is 0.466 e. The molecule has 0 saturated heterocycles. The van der Waals surface area contributed by atoms with Crippen LogP contribution in [0.3, 0.4) is 0 Å². The van der Waals surface area contributed by atoms with Crippen LogP contribution in [0.25, 0.3) is 0 Å². The number of esters is 1. The molecule has 0 bridgehead atoms. The molecule has 0 aliphatic heterocycles. The monoisotopic (exact) mass is 370 g/mol. The van der Waals surface area contributed by atoms with Crippen LogP contribution in [0.15, 0.2) is 27.2 Å². The van der Waals surface area contributed by atoms with Gasteiger partial charge in [-0.25, -0.2) is 4.98 Å². The Bertz CT molecular complexity index is 682. The number of carbonyl (C=O) groups excluding carboxylic acids is 3. The molecule has 0 radical (unpaired) electrons. The maximum absolute atomic E-state index is 11.7. The van der Waals surface area contributed by atoms with Crippen molar-refractivity contribution in [1.82, 2.24) is 10.3 Å². The summed E-state index contributed by atoms with van der Waals surface area (Å²) in [6, 6.07) is 3.41. The third kappa shape index (κ3) is 5.77. The highest BCUT2D eigenvalue weighted by Gasteiger charge is 2.13. The molecule has 0 unspecified atom stereocenters. The topological polar surface area (TPSA) is 85.4 Å². The van der Waals surface area contributed by atoms with E-state index in [0.717, 1.165) is 0 Å². The Kier molecular flexibility index (Phi) is 6.75. The van der Waals surface area contributed by atoms with Gasteiger partial charge in [-0.2, -0.15) is 0 Å². The van der Waals surface area contributed by atoms with Crippen LogP contribution in [-0.2, 0) is 20.7 Å². The molecule has 1 N–H and O–H groups in total. The van der Waals surface area contributed by atoms with Gasteiger partial charge in [0.15, 0.2) is 4.34 Å². The number of carbonyl (C=O) groups is 3. The van der Waals surface area contributed by atoms with Gasteiger partial charge in [-0.3, -0.25) is 19.7 Å². The number of hydrogen-bond acceptors (Lipinski definition) is 8.